The van der Waals surface area contributed by atoms with Crippen LogP contribution in [0.1, 0.15) is 6.42 Å². The number of hydrogen-bond acceptors (Lipinski definition) is 3. The molecule has 0 unspecified atom stereocenters. The van der Waals surface area contributed by atoms with Crippen molar-refractivity contribution in [2.45, 2.75) is 6.42 Å². The first-order chi connectivity index (χ1) is 10.7. The monoisotopic (exact) mass is 295 g/mol. The fourth-order valence-corrected chi connectivity index (χ4v) is 2.40. The van der Waals surface area contributed by atoms with Crippen LogP contribution in [0, 0.1) is 5.92 Å². The first kappa shape index (κ1) is 14.1. The molecule has 1 saturated heterocycles. The smallest absolute Gasteiger partial charge is 0.229 e. The molecule has 2 amide bonds. The van der Waals surface area contributed by atoms with Crippen molar-refractivity contribution in [1.29, 1.82) is 0 Å². The zero-order valence-corrected chi connectivity index (χ0v) is 12.0. The van der Waals surface area contributed by atoms with E-state index in [0.29, 0.717) is 12.2 Å². The molecule has 0 aromatic heterocycles. The zero-order chi connectivity index (χ0) is 15.4. The quantitative estimate of drug-likeness (QED) is 0.811. The number of nitrogens with one attached hydrogen (secondary N) is 3. The summed E-state index contributed by atoms with van der Waals surface area (Å²) < 4.78 is 0. The summed E-state index contributed by atoms with van der Waals surface area (Å²) in [7, 11) is 0. The molecule has 1 aliphatic heterocycles. The second-order valence-corrected chi connectivity index (χ2v) is 5.23. The van der Waals surface area contributed by atoms with E-state index < -0.39 is 0 Å². The van der Waals surface area contributed by atoms with Crippen molar-refractivity contribution in [2.75, 3.05) is 17.2 Å². The molecular formula is C17H17N3O2. The van der Waals surface area contributed by atoms with Crippen LogP contribution in [-0.2, 0) is 9.59 Å². The topological polar surface area (TPSA) is 70.2 Å². The predicted molar refractivity (Wildman–Crippen MR) is 85.9 cm³/mol. The van der Waals surface area contributed by atoms with Gasteiger partial charge in [-0.15, -0.1) is 0 Å². The first-order valence-electron chi connectivity index (χ1n) is 7.21. The standard InChI is InChI=1S/C17H17N3O2/c21-16-10-12(11-18-16)17(22)20-15-9-5-4-8-14(15)19-13-6-2-1-3-7-13/h1-9,12,19H,10-11H2,(H,18,21)(H,20,22)/t12-/m0/s1. The van der Waals surface area contributed by atoms with Crippen LogP contribution in [-0.4, -0.2) is 18.4 Å². The van der Waals surface area contributed by atoms with Gasteiger partial charge in [-0.3, -0.25) is 9.59 Å². The highest BCUT2D eigenvalue weighted by Gasteiger charge is 2.28. The number of rotatable bonds is 4. The summed E-state index contributed by atoms with van der Waals surface area (Å²) in [5.41, 5.74) is 2.47. The van der Waals surface area contributed by atoms with Gasteiger partial charge in [0, 0.05) is 18.7 Å². The van der Waals surface area contributed by atoms with E-state index in [2.05, 4.69) is 16.0 Å². The van der Waals surface area contributed by atoms with Crippen molar-refractivity contribution < 1.29 is 9.59 Å². The minimum absolute atomic E-state index is 0.0733. The van der Waals surface area contributed by atoms with Crippen LogP contribution in [0.25, 0.3) is 0 Å². The summed E-state index contributed by atoms with van der Waals surface area (Å²) in [5, 5.41) is 8.85. The van der Waals surface area contributed by atoms with Crippen molar-refractivity contribution in [3.63, 3.8) is 0 Å². The largest absolute Gasteiger partial charge is 0.355 e. The lowest BCUT2D eigenvalue weighted by Gasteiger charge is -2.14. The SMILES string of the molecule is O=C1C[C@H](C(=O)Nc2ccccc2Nc2ccccc2)CN1. The molecule has 2 aromatic rings. The molecule has 0 saturated carbocycles. The molecule has 5 heteroatoms. The molecule has 1 heterocycles. The Bertz CT molecular complexity index is 685. The van der Waals surface area contributed by atoms with Crippen molar-refractivity contribution in [2.24, 2.45) is 5.92 Å². The molecule has 0 spiro atoms. The van der Waals surface area contributed by atoms with Crippen molar-refractivity contribution in [3.05, 3.63) is 54.6 Å². The maximum Gasteiger partial charge on any atom is 0.229 e. The third-order valence-electron chi connectivity index (χ3n) is 3.59. The Balaban J connectivity index is 1.74. The second-order valence-electron chi connectivity index (χ2n) is 5.23. The van der Waals surface area contributed by atoms with Crippen molar-refractivity contribution >= 4 is 28.9 Å². The highest BCUT2D eigenvalue weighted by molar-refractivity contribution is 5.99. The molecule has 5 nitrogen and oxygen atoms in total. The molecule has 112 valence electrons. The molecule has 2 aromatic carbocycles. The molecule has 0 bridgehead atoms. The van der Waals surface area contributed by atoms with E-state index in [1.54, 1.807) is 0 Å². The molecule has 22 heavy (non-hydrogen) atoms. The summed E-state index contributed by atoms with van der Waals surface area (Å²) in [6, 6.07) is 17.3. The Hall–Kier alpha value is -2.82. The Labute approximate surface area is 128 Å². The lowest BCUT2D eigenvalue weighted by molar-refractivity contribution is -0.123. The first-order valence-corrected chi connectivity index (χ1v) is 7.21. The fourth-order valence-electron chi connectivity index (χ4n) is 2.40. The van der Waals surface area contributed by atoms with Crippen LogP contribution in [0.5, 0.6) is 0 Å². The lowest BCUT2D eigenvalue weighted by atomic mass is 10.1. The summed E-state index contributed by atoms with van der Waals surface area (Å²) in [4.78, 5) is 23.4. The molecule has 3 N–H and O–H groups in total. The average molecular weight is 295 g/mol. The van der Waals surface area contributed by atoms with E-state index in [1.807, 2.05) is 54.6 Å². The van der Waals surface area contributed by atoms with Gasteiger partial charge in [-0.1, -0.05) is 30.3 Å². The van der Waals surface area contributed by atoms with Crippen molar-refractivity contribution in [1.82, 2.24) is 5.32 Å². The molecule has 1 fully saturated rings. The van der Waals surface area contributed by atoms with Gasteiger partial charge in [-0.2, -0.15) is 0 Å². The minimum atomic E-state index is -0.308. The number of carbonyl (C=O) groups is 2. The van der Waals surface area contributed by atoms with Gasteiger partial charge in [0.25, 0.3) is 0 Å². The number of amides is 2. The van der Waals surface area contributed by atoms with Gasteiger partial charge in [-0.25, -0.2) is 0 Å². The molecule has 0 radical (unpaired) electrons. The number of carbonyl (C=O) groups excluding carboxylic acids is 2. The van der Waals surface area contributed by atoms with Crippen molar-refractivity contribution in [3.8, 4) is 0 Å². The summed E-state index contributed by atoms with van der Waals surface area (Å²) in [6.45, 7) is 0.402. The molecule has 3 rings (SSSR count). The summed E-state index contributed by atoms with van der Waals surface area (Å²) >= 11 is 0. The Morgan fingerprint density at radius 3 is 2.36 bits per heavy atom. The Morgan fingerprint density at radius 1 is 1.00 bits per heavy atom. The molecule has 0 aliphatic carbocycles. The van der Waals surface area contributed by atoms with Crippen LogP contribution >= 0.6 is 0 Å². The zero-order valence-electron chi connectivity index (χ0n) is 12.0. The van der Waals surface area contributed by atoms with Gasteiger partial charge in [0.05, 0.1) is 17.3 Å². The highest BCUT2D eigenvalue weighted by Crippen LogP contribution is 2.26. The van der Waals surface area contributed by atoms with Crippen LogP contribution in [0.4, 0.5) is 17.1 Å². The van der Waals surface area contributed by atoms with Gasteiger partial charge in [0.2, 0.25) is 11.8 Å². The van der Waals surface area contributed by atoms with Crippen LogP contribution in [0.3, 0.4) is 0 Å². The second kappa shape index (κ2) is 6.30. The number of hydrogen-bond donors (Lipinski definition) is 3. The third kappa shape index (κ3) is 3.25. The summed E-state index contributed by atoms with van der Waals surface area (Å²) in [6.07, 6.45) is 0.250. The van der Waals surface area contributed by atoms with Crippen LogP contribution < -0.4 is 16.0 Å². The average Bonchev–Trinajstić information content (AvgIpc) is 2.97. The third-order valence-corrected chi connectivity index (χ3v) is 3.59. The van der Waals surface area contributed by atoms with Gasteiger partial charge in [-0.05, 0) is 24.3 Å². The van der Waals surface area contributed by atoms with Crippen LogP contribution in [0.15, 0.2) is 54.6 Å². The van der Waals surface area contributed by atoms with Crippen LogP contribution in [0.2, 0.25) is 0 Å². The Morgan fingerprint density at radius 2 is 1.68 bits per heavy atom. The summed E-state index contributed by atoms with van der Waals surface area (Å²) in [5.74, 6) is -0.520. The van der Waals surface area contributed by atoms with E-state index in [-0.39, 0.29) is 24.2 Å². The van der Waals surface area contributed by atoms with Gasteiger partial charge in [0.15, 0.2) is 0 Å². The lowest BCUT2D eigenvalue weighted by Crippen LogP contribution is -2.25. The predicted octanol–water partition coefficient (Wildman–Crippen LogP) is 2.50. The molecular weight excluding hydrogens is 278 g/mol. The van der Waals surface area contributed by atoms with E-state index in [0.717, 1.165) is 11.4 Å². The van der Waals surface area contributed by atoms with Gasteiger partial charge in [0.1, 0.15) is 0 Å². The molecule has 1 atom stereocenters. The number of benzene rings is 2. The number of anilines is 3. The van der Waals surface area contributed by atoms with Gasteiger partial charge < -0.3 is 16.0 Å². The normalized spacial score (nSPS) is 16.9. The highest BCUT2D eigenvalue weighted by atomic mass is 16.2. The van der Waals surface area contributed by atoms with E-state index in [4.69, 9.17) is 0 Å². The van der Waals surface area contributed by atoms with E-state index in [9.17, 15) is 9.59 Å². The van der Waals surface area contributed by atoms with E-state index in [1.165, 1.54) is 0 Å². The van der Waals surface area contributed by atoms with Gasteiger partial charge >= 0.3 is 0 Å². The number of para-hydroxylation sites is 3. The molecule has 1 aliphatic rings. The maximum atomic E-state index is 12.2. The van der Waals surface area contributed by atoms with E-state index >= 15 is 0 Å². The maximum absolute atomic E-state index is 12.2. The minimum Gasteiger partial charge on any atom is -0.355 e. The Kier molecular flexibility index (Phi) is 4.05. The fraction of sp³-hybridized carbons (Fsp3) is 0.176.